The number of hydrogen-bond acceptors (Lipinski definition) is 5. The van der Waals surface area contributed by atoms with Crippen molar-refractivity contribution in [2.75, 3.05) is 32.7 Å². The van der Waals surface area contributed by atoms with Crippen LogP contribution in [0.2, 0.25) is 0 Å². The fraction of sp³-hybridized carbons (Fsp3) is 0.500. The van der Waals surface area contributed by atoms with Crippen LogP contribution in [0.1, 0.15) is 19.3 Å². The Morgan fingerprint density at radius 2 is 1.86 bits per heavy atom. The average Bonchev–Trinajstić information content (AvgIpc) is 3.52. The Labute approximate surface area is 163 Å². The van der Waals surface area contributed by atoms with Crippen LogP contribution in [-0.2, 0) is 16.1 Å². The zero-order valence-corrected chi connectivity index (χ0v) is 15.8. The first-order chi connectivity index (χ1) is 13.6. The Morgan fingerprint density at radius 3 is 2.61 bits per heavy atom. The maximum Gasteiger partial charge on any atom is 0.234 e. The summed E-state index contributed by atoms with van der Waals surface area (Å²) in [5.41, 5.74) is 0.634. The number of rotatable bonds is 6. The molecule has 1 aliphatic heterocycles. The molecule has 8 heteroatoms. The molecule has 28 heavy (non-hydrogen) atoms. The van der Waals surface area contributed by atoms with E-state index in [9.17, 15) is 14.4 Å². The van der Waals surface area contributed by atoms with Crippen molar-refractivity contribution in [3.8, 4) is 0 Å². The summed E-state index contributed by atoms with van der Waals surface area (Å²) < 4.78 is 1.72. The molecule has 0 spiro atoms. The predicted octanol–water partition coefficient (Wildman–Crippen LogP) is 0.209. The highest BCUT2D eigenvalue weighted by molar-refractivity contribution is 5.80. The number of piperazine rings is 1. The minimum absolute atomic E-state index is 0.0756. The van der Waals surface area contributed by atoms with E-state index in [1.165, 1.54) is 6.20 Å². The molecule has 0 bridgehead atoms. The minimum Gasteiger partial charge on any atom is -0.352 e. The molecule has 4 rings (SSSR count). The second kappa shape index (κ2) is 8.10. The first-order valence-electron chi connectivity index (χ1n) is 9.84. The third-order valence-corrected chi connectivity index (χ3v) is 5.33. The number of aryl methyl sites for hydroxylation is 1. The van der Waals surface area contributed by atoms with Gasteiger partial charge < -0.3 is 10.2 Å². The van der Waals surface area contributed by atoms with Crippen molar-refractivity contribution < 1.29 is 9.59 Å². The Bertz CT molecular complexity index is 929. The van der Waals surface area contributed by atoms with Crippen molar-refractivity contribution >= 4 is 22.7 Å². The van der Waals surface area contributed by atoms with Crippen LogP contribution in [0.4, 0.5) is 0 Å². The molecule has 2 amide bonds. The lowest BCUT2D eigenvalue weighted by molar-refractivity contribution is -0.133. The second-order valence-corrected chi connectivity index (χ2v) is 7.50. The fourth-order valence-electron chi connectivity index (χ4n) is 3.56. The highest BCUT2D eigenvalue weighted by Gasteiger charge is 2.26. The molecule has 2 aliphatic rings. The molecule has 0 radical (unpaired) electrons. The smallest absolute Gasteiger partial charge is 0.234 e. The number of aromatic nitrogens is 2. The number of amides is 2. The summed E-state index contributed by atoms with van der Waals surface area (Å²) in [6.45, 7) is 3.53. The molecule has 0 atom stereocenters. The number of para-hydroxylation sites is 1. The van der Waals surface area contributed by atoms with Crippen molar-refractivity contribution in [2.45, 2.75) is 31.8 Å². The zero-order valence-electron chi connectivity index (χ0n) is 15.8. The van der Waals surface area contributed by atoms with Crippen LogP contribution in [0, 0.1) is 0 Å². The second-order valence-electron chi connectivity index (χ2n) is 7.50. The van der Waals surface area contributed by atoms with E-state index in [0.29, 0.717) is 57.1 Å². The van der Waals surface area contributed by atoms with E-state index >= 15 is 0 Å². The van der Waals surface area contributed by atoms with Gasteiger partial charge in [0.25, 0.3) is 0 Å². The van der Waals surface area contributed by atoms with Gasteiger partial charge in [-0.1, -0.05) is 12.1 Å². The van der Waals surface area contributed by atoms with Crippen molar-refractivity contribution in [1.82, 2.24) is 24.9 Å². The Balaban J connectivity index is 1.28. The lowest BCUT2D eigenvalue weighted by Crippen LogP contribution is -2.51. The number of benzene rings is 1. The maximum atomic E-state index is 12.6. The Kier molecular flexibility index (Phi) is 5.38. The number of carbonyl (C=O) groups is 2. The molecule has 1 aromatic carbocycles. The number of hydrogen-bond donors (Lipinski definition) is 1. The number of carbonyl (C=O) groups excluding carboxylic acids is 2. The third kappa shape index (κ3) is 4.39. The fourth-order valence-corrected chi connectivity index (χ4v) is 3.56. The van der Waals surface area contributed by atoms with Crippen LogP contribution in [0.15, 0.2) is 35.3 Å². The van der Waals surface area contributed by atoms with Gasteiger partial charge in [0.2, 0.25) is 17.2 Å². The van der Waals surface area contributed by atoms with Gasteiger partial charge in [-0.3, -0.25) is 24.0 Å². The molecule has 8 nitrogen and oxygen atoms in total. The lowest BCUT2D eigenvalue weighted by atomic mass is 10.2. The van der Waals surface area contributed by atoms with E-state index in [4.69, 9.17) is 0 Å². The summed E-state index contributed by atoms with van der Waals surface area (Å²) in [4.78, 5) is 40.3. The zero-order chi connectivity index (χ0) is 19.5. The largest absolute Gasteiger partial charge is 0.352 e. The van der Waals surface area contributed by atoms with Crippen molar-refractivity contribution in [3.05, 3.63) is 40.7 Å². The molecule has 1 aromatic heterocycles. The van der Waals surface area contributed by atoms with Gasteiger partial charge in [0.05, 0.1) is 24.8 Å². The van der Waals surface area contributed by atoms with Gasteiger partial charge >= 0.3 is 0 Å². The average molecular weight is 383 g/mol. The van der Waals surface area contributed by atoms with E-state index < -0.39 is 0 Å². The molecule has 2 fully saturated rings. The molecule has 1 saturated carbocycles. The lowest BCUT2D eigenvalue weighted by Gasteiger charge is -2.34. The van der Waals surface area contributed by atoms with Gasteiger partial charge in [0.1, 0.15) is 0 Å². The highest BCUT2D eigenvalue weighted by atomic mass is 16.2. The van der Waals surface area contributed by atoms with Gasteiger partial charge in [-0.05, 0) is 25.0 Å². The van der Waals surface area contributed by atoms with Gasteiger partial charge in [0.15, 0.2) is 0 Å². The van der Waals surface area contributed by atoms with Gasteiger partial charge in [-0.15, -0.1) is 0 Å². The Morgan fingerprint density at radius 1 is 1.11 bits per heavy atom. The molecule has 1 saturated heterocycles. The van der Waals surface area contributed by atoms with E-state index in [1.807, 2.05) is 23.1 Å². The normalized spacial score (nSPS) is 17.6. The topological polar surface area (TPSA) is 87.5 Å². The van der Waals surface area contributed by atoms with Crippen LogP contribution in [0.3, 0.4) is 0 Å². The number of fused-ring (bicyclic) bond motifs is 1. The summed E-state index contributed by atoms with van der Waals surface area (Å²) >= 11 is 0. The van der Waals surface area contributed by atoms with Crippen molar-refractivity contribution in [1.29, 1.82) is 0 Å². The number of nitrogens with zero attached hydrogens (tertiary/aromatic N) is 4. The first-order valence-corrected chi connectivity index (χ1v) is 9.84. The first kappa shape index (κ1) is 18.6. The quantitative estimate of drug-likeness (QED) is 0.771. The summed E-state index contributed by atoms with van der Waals surface area (Å²) in [7, 11) is 0. The minimum atomic E-state index is -0.111. The van der Waals surface area contributed by atoms with E-state index in [0.717, 1.165) is 18.4 Å². The highest BCUT2D eigenvalue weighted by Crippen LogP contribution is 2.18. The Hall–Kier alpha value is -2.74. The van der Waals surface area contributed by atoms with Gasteiger partial charge in [-0.25, -0.2) is 0 Å². The molecular weight excluding hydrogens is 358 g/mol. The van der Waals surface area contributed by atoms with Gasteiger partial charge in [0, 0.05) is 44.0 Å². The SMILES string of the molecule is O=C(CN1CCN(C(=O)CCn2ncc(=O)c3ccccc32)CC1)NC1CC1. The molecule has 148 valence electrons. The standard InChI is InChI=1S/C20H25N5O3/c26-18-13-21-25(17-4-2-1-3-16(17)18)8-7-20(28)24-11-9-23(10-12-24)14-19(27)22-15-5-6-15/h1-4,13,15H,5-12,14H2,(H,22,27). The summed E-state index contributed by atoms with van der Waals surface area (Å²) in [6, 6.07) is 7.69. The van der Waals surface area contributed by atoms with Gasteiger partial charge in [-0.2, -0.15) is 5.10 Å². The van der Waals surface area contributed by atoms with Crippen LogP contribution < -0.4 is 10.7 Å². The van der Waals surface area contributed by atoms with Crippen LogP contribution in [0.25, 0.3) is 10.9 Å². The monoisotopic (exact) mass is 383 g/mol. The predicted molar refractivity (Wildman–Crippen MR) is 105 cm³/mol. The molecule has 2 aromatic rings. The van der Waals surface area contributed by atoms with E-state index in [1.54, 1.807) is 10.7 Å². The maximum absolute atomic E-state index is 12.6. The summed E-state index contributed by atoms with van der Waals surface area (Å²) in [5, 5.41) is 7.79. The van der Waals surface area contributed by atoms with E-state index in [-0.39, 0.29) is 17.2 Å². The van der Waals surface area contributed by atoms with Crippen molar-refractivity contribution in [3.63, 3.8) is 0 Å². The third-order valence-electron chi connectivity index (χ3n) is 5.33. The summed E-state index contributed by atoms with van der Waals surface area (Å²) in [5.74, 6) is 0.158. The molecular formula is C20H25N5O3. The number of nitrogens with one attached hydrogen (secondary N) is 1. The molecule has 0 unspecified atom stereocenters. The van der Waals surface area contributed by atoms with Crippen LogP contribution >= 0.6 is 0 Å². The summed E-state index contributed by atoms with van der Waals surface area (Å²) in [6.07, 6.45) is 3.82. The molecule has 2 heterocycles. The molecule has 1 aliphatic carbocycles. The van der Waals surface area contributed by atoms with E-state index in [2.05, 4.69) is 15.3 Å². The van der Waals surface area contributed by atoms with Crippen LogP contribution in [0.5, 0.6) is 0 Å². The van der Waals surface area contributed by atoms with Crippen LogP contribution in [-0.4, -0.2) is 70.2 Å². The molecule has 1 N–H and O–H groups in total. The van der Waals surface area contributed by atoms with Crippen molar-refractivity contribution in [2.24, 2.45) is 0 Å².